The zero-order chi connectivity index (χ0) is 12.0. The largest absolute Gasteiger partial charge is 0.389 e. The summed E-state index contributed by atoms with van der Waals surface area (Å²) in [4.78, 5) is 1.82. The summed E-state index contributed by atoms with van der Waals surface area (Å²) in [5.74, 6) is 0. The van der Waals surface area contributed by atoms with Crippen molar-refractivity contribution in [1.29, 1.82) is 0 Å². The number of hydrogen-bond acceptors (Lipinski definition) is 6. The summed E-state index contributed by atoms with van der Waals surface area (Å²) in [5, 5.41) is 28.2. The lowest BCUT2D eigenvalue weighted by atomic mass is 10.3. The van der Waals surface area contributed by atoms with Gasteiger partial charge in [0.15, 0.2) is 0 Å². The Morgan fingerprint density at radius 3 is 2.44 bits per heavy atom. The monoisotopic (exact) mass is 235 g/mol. The number of β-amino-alcohol motifs (C(OH)–C–C–N with tert-alkyl or cyclic N) is 3. The van der Waals surface area contributed by atoms with E-state index >= 15 is 0 Å². The fourth-order valence-electron chi connectivity index (χ4n) is 1.71. The van der Waals surface area contributed by atoms with Gasteiger partial charge in [0.2, 0.25) is 0 Å². The van der Waals surface area contributed by atoms with E-state index in [4.69, 9.17) is 9.47 Å². The Morgan fingerprint density at radius 2 is 1.88 bits per heavy atom. The van der Waals surface area contributed by atoms with Crippen molar-refractivity contribution in [3.8, 4) is 0 Å². The lowest BCUT2D eigenvalue weighted by molar-refractivity contribution is 0.000723. The Labute approximate surface area is 95.4 Å². The molecule has 1 fully saturated rings. The minimum absolute atomic E-state index is 0.242. The van der Waals surface area contributed by atoms with Crippen LogP contribution in [0.2, 0.25) is 0 Å². The Bertz CT molecular complexity index is 182. The van der Waals surface area contributed by atoms with E-state index in [0.717, 1.165) is 0 Å². The van der Waals surface area contributed by atoms with Gasteiger partial charge in [-0.05, 0) is 0 Å². The molecule has 1 aliphatic rings. The molecule has 0 aromatic heterocycles. The van der Waals surface area contributed by atoms with E-state index in [2.05, 4.69) is 0 Å². The summed E-state index contributed by atoms with van der Waals surface area (Å²) in [6, 6.07) is 0. The third-order valence-corrected chi connectivity index (χ3v) is 2.55. The lowest BCUT2D eigenvalue weighted by Crippen LogP contribution is -2.34. The molecule has 16 heavy (non-hydrogen) atoms. The fraction of sp³-hybridized carbons (Fsp3) is 1.00. The van der Waals surface area contributed by atoms with E-state index in [-0.39, 0.29) is 6.61 Å². The molecule has 1 aliphatic heterocycles. The molecule has 1 heterocycles. The van der Waals surface area contributed by atoms with E-state index in [0.29, 0.717) is 32.8 Å². The fourth-order valence-corrected chi connectivity index (χ4v) is 1.71. The van der Waals surface area contributed by atoms with Crippen molar-refractivity contribution in [3.63, 3.8) is 0 Å². The van der Waals surface area contributed by atoms with Crippen LogP contribution in [0.1, 0.15) is 0 Å². The van der Waals surface area contributed by atoms with Crippen LogP contribution < -0.4 is 0 Å². The predicted octanol–water partition coefficient (Wildman–Crippen LogP) is -1.95. The first kappa shape index (κ1) is 13.8. The highest BCUT2D eigenvalue weighted by atomic mass is 16.5. The second-order valence-corrected chi connectivity index (χ2v) is 4.07. The van der Waals surface area contributed by atoms with Crippen LogP contribution in [0, 0.1) is 0 Å². The quantitative estimate of drug-likeness (QED) is 0.445. The molecule has 0 aliphatic carbocycles. The lowest BCUT2D eigenvalue weighted by Gasteiger charge is -2.19. The standard InChI is InChI=1S/C10H21NO5/c1-15-2-3-16-7-8(12)4-11-5-9(13)10(14)6-11/h8-10,12-14H,2-7H2,1H3. The van der Waals surface area contributed by atoms with Crippen molar-refractivity contribution in [2.45, 2.75) is 18.3 Å². The first-order valence-corrected chi connectivity index (χ1v) is 5.46. The summed E-state index contributed by atoms with van der Waals surface area (Å²) >= 11 is 0. The van der Waals surface area contributed by atoms with Crippen LogP contribution in [0.5, 0.6) is 0 Å². The van der Waals surface area contributed by atoms with Gasteiger partial charge in [0.25, 0.3) is 0 Å². The molecule has 0 aromatic carbocycles. The van der Waals surface area contributed by atoms with Crippen LogP contribution in [0.3, 0.4) is 0 Å². The summed E-state index contributed by atoms with van der Waals surface area (Å²) in [5.41, 5.74) is 0. The van der Waals surface area contributed by atoms with Crippen LogP contribution in [-0.2, 0) is 9.47 Å². The van der Waals surface area contributed by atoms with Crippen molar-refractivity contribution in [2.24, 2.45) is 0 Å². The number of ether oxygens (including phenoxy) is 2. The normalized spacial score (nSPS) is 28.5. The predicted molar refractivity (Wildman–Crippen MR) is 57.2 cm³/mol. The molecule has 0 saturated carbocycles. The van der Waals surface area contributed by atoms with Crippen LogP contribution >= 0.6 is 0 Å². The van der Waals surface area contributed by atoms with E-state index < -0.39 is 18.3 Å². The van der Waals surface area contributed by atoms with Gasteiger partial charge in [0.1, 0.15) is 0 Å². The minimum atomic E-state index is -0.707. The number of nitrogens with zero attached hydrogens (tertiary/aromatic N) is 1. The first-order valence-electron chi connectivity index (χ1n) is 5.46. The number of methoxy groups -OCH3 is 1. The van der Waals surface area contributed by atoms with E-state index in [1.54, 1.807) is 7.11 Å². The average Bonchev–Trinajstić information content (AvgIpc) is 2.53. The maximum Gasteiger partial charge on any atom is 0.0938 e. The molecular weight excluding hydrogens is 214 g/mol. The molecule has 3 N–H and O–H groups in total. The van der Waals surface area contributed by atoms with Crippen LogP contribution in [-0.4, -0.2) is 85.1 Å². The number of hydrogen-bond donors (Lipinski definition) is 3. The van der Waals surface area contributed by atoms with Crippen LogP contribution in [0.15, 0.2) is 0 Å². The third kappa shape index (κ3) is 4.73. The van der Waals surface area contributed by atoms with Crippen molar-refractivity contribution in [1.82, 2.24) is 4.90 Å². The first-order chi connectivity index (χ1) is 7.63. The van der Waals surface area contributed by atoms with Gasteiger partial charge in [-0.1, -0.05) is 0 Å². The average molecular weight is 235 g/mol. The van der Waals surface area contributed by atoms with Crippen molar-refractivity contribution in [3.05, 3.63) is 0 Å². The zero-order valence-electron chi connectivity index (χ0n) is 9.58. The summed E-state index contributed by atoms with van der Waals surface area (Å²) in [6.07, 6.45) is -2.02. The van der Waals surface area contributed by atoms with Crippen molar-refractivity contribution < 1.29 is 24.8 Å². The highest BCUT2D eigenvalue weighted by Gasteiger charge is 2.30. The number of aliphatic hydroxyl groups excluding tert-OH is 3. The summed E-state index contributed by atoms with van der Waals surface area (Å²) in [6.45, 7) is 2.41. The van der Waals surface area contributed by atoms with Crippen LogP contribution in [0.25, 0.3) is 0 Å². The van der Waals surface area contributed by atoms with Crippen LogP contribution in [0.4, 0.5) is 0 Å². The Morgan fingerprint density at radius 1 is 1.25 bits per heavy atom. The molecule has 1 saturated heterocycles. The van der Waals surface area contributed by atoms with E-state index in [1.807, 2.05) is 4.90 Å². The molecule has 0 spiro atoms. The van der Waals surface area contributed by atoms with Crippen molar-refractivity contribution in [2.75, 3.05) is 46.6 Å². The Kier molecular flexibility index (Phi) is 6.18. The van der Waals surface area contributed by atoms with Crippen molar-refractivity contribution >= 4 is 0 Å². The molecule has 6 nitrogen and oxygen atoms in total. The maximum atomic E-state index is 9.61. The number of likely N-dealkylation sites (tertiary alicyclic amines) is 1. The van der Waals surface area contributed by atoms with E-state index in [9.17, 15) is 15.3 Å². The second-order valence-electron chi connectivity index (χ2n) is 4.07. The van der Waals surface area contributed by atoms with Gasteiger partial charge in [-0.15, -0.1) is 0 Å². The molecule has 3 atom stereocenters. The Hall–Kier alpha value is -0.240. The summed E-state index contributed by atoms with van der Waals surface area (Å²) < 4.78 is 9.98. The van der Waals surface area contributed by atoms with Gasteiger partial charge in [-0.3, -0.25) is 4.90 Å². The van der Waals surface area contributed by atoms with E-state index in [1.165, 1.54) is 0 Å². The topological polar surface area (TPSA) is 82.4 Å². The number of aliphatic hydroxyl groups is 3. The van der Waals surface area contributed by atoms with Gasteiger partial charge in [-0.2, -0.15) is 0 Å². The molecule has 1 rings (SSSR count). The molecule has 3 unspecified atom stereocenters. The SMILES string of the molecule is COCCOCC(O)CN1CC(O)C(O)C1. The molecule has 0 bridgehead atoms. The number of rotatable bonds is 7. The highest BCUT2D eigenvalue weighted by molar-refractivity contribution is 4.84. The Balaban J connectivity index is 2.08. The zero-order valence-corrected chi connectivity index (χ0v) is 9.58. The van der Waals surface area contributed by atoms with Gasteiger partial charge in [-0.25, -0.2) is 0 Å². The molecule has 0 radical (unpaired) electrons. The minimum Gasteiger partial charge on any atom is -0.389 e. The van der Waals surface area contributed by atoms with Gasteiger partial charge in [0, 0.05) is 26.7 Å². The molecule has 0 amide bonds. The summed E-state index contributed by atoms with van der Waals surface area (Å²) in [7, 11) is 1.59. The van der Waals surface area contributed by atoms with Gasteiger partial charge >= 0.3 is 0 Å². The highest BCUT2D eigenvalue weighted by Crippen LogP contribution is 2.10. The molecule has 96 valence electrons. The molecule has 6 heteroatoms. The van der Waals surface area contributed by atoms with Gasteiger partial charge < -0.3 is 24.8 Å². The molecular formula is C10H21NO5. The third-order valence-electron chi connectivity index (χ3n) is 2.55. The molecule has 0 aromatic rings. The van der Waals surface area contributed by atoms with Gasteiger partial charge in [0.05, 0.1) is 38.1 Å². The smallest absolute Gasteiger partial charge is 0.0938 e. The second kappa shape index (κ2) is 7.16. The maximum absolute atomic E-state index is 9.61.